The zero-order valence-electron chi connectivity index (χ0n) is 9.73. The van der Waals surface area contributed by atoms with Crippen LogP contribution in [-0.4, -0.2) is 25.0 Å². The zero-order valence-corrected chi connectivity index (χ0v) is 9.73. The van der Waals surface area contributed by atoms with Crippen LogP contribution in [-0.2, 0) is 4.79 Å². The third-order valence-electron chi connectivity index (χ3n) is 3.12. The summed E-state index contributed by atoms with van der Waals surface area (Å²) in [5.74, 6) is 0.631. The van der Waals surface area contributed by atoms with Crippen molar-refractivity contribution in [3.63, 3.8) is 0 Å². The molecule has 0 bridgehead atoms. The van der Waals surface area contributed by atoms with Gasteiger partial charge in [-0.05, 0) is 18.9 Å². The van der Waals surface area contributed by atoms with Gasteiger partial charge in [-0.15, -0.1) is 0 Å². The van der Waals surface area contributed by atoms with Crippen LogP contribution in [0.2, 0.25) is 0 Å². The van der Waals surface area contributed by atoms with E-state index in [9.17, 15) is 4.79 Å². The van der Waals surface area contributed by atoms with Gasteiger partial charge in [-0.2, -0.15) is 0 Å². The zero-order chi connectivity index (χ0) is 11.5. The minimum atomic E-state index is -0.108. The molecule has 0 aromatic heterocycles. The molecular formula is C13H18N2O. The molecule has 1 fully saturated rings. The molecular weight excluding hydrogens is 200 g/mol. The van der Waals surface area contributed by atoms with Crippen LogP contribution in [0.25, 0.3) is 0 Å². The number of benzene rings is 1. The molecule has 3 atom stereocenters. The first-order valence-corrected chi connectivity index (χ1v) is 5.75. The summed E-state index contributed by atoms with van der Waals surface area (Å²) in [4.78, 5) is 11.3. The molecule has 3 nitrogen and oxygen atoms in total. The standard InChI is InChI=1S/C13H18N2O/c1-9(13(16)14-2)15-12-8-11(12)10-6-4-3-5-7-10/h3-7,9,11-12,15H,8H2,1-2H3,(H,14,16). The highest BCUT2D eigenvalue weighted by Crippen LogP contribution is 2.40. The van der Waals surface area contributed by atoms with Gasteiger partial charge in [-0.3, -0.25) is 4.79 Å². The number of carbonyl (C=O) groups is 1. The number of amides is 1. The molecule has 0 spiro atoms. The third kappa shape index (κ3) is 2.42. The molecule has 86 valence electrons. The second-order valence-corrected chi connectivity index (χ2v) is 4.36. The Bertz CT molecular complexity index is 363. The molecule has 2 rings (SSSR count). The van der Waals surface area contributed by atoms with Crippen LogP contribution >= 0.6 is 0 Å². The van der Waals surface area contributed by atoms with Gasteiger partial charge in [-0.25, -0.2) is 0 Å². The molecule has 0 saturated heterocycles. The Labute approximate surface area is 96.2 Å². The largest absolute Gasteiger partial charge is 0.358 e. The summed E-state index contributed by atoms with van der Waals surface area (Å²) in [6, 6.07) is 10.8. The highest BCUT2D eigenvalue weighted by atomic mass is 16.2. The number of nitrogens with one attached hydrogen (secondary N) is 2. The second kappa shape index (κ2) is 4.66. The summed E-state index contributed by atoms with van der Waals surface area (Å²) >= 11 is 0. The molecule has 16 heavy (non-hydrogen) atoms. The van der Waals surface area contributed by atoms with Gasteiger partial charge in [0.1, 0.15) is 0 Å². The molecule has 0 heterocycles. The van der Waals surface area contributed by atoms with Crippen molar-refractivity contribution in [2.45, 2.75) is 31.3 Å². The van der Waals surface area contributed by atoms with E-state index in [0.29, 0.717) is 12.0 Å². The maximum atomic E-state index is 11.3. The molecule has 1 amide bonds. The first-order valence-electron chi connectivity index (χ1n) is 5.75. The van der Waals surface area contributed by atoms with E-state index >= 15 is 0 Å². The summed E-state index contributed by atoms with van der Waals surface area (Å²) in [6.07, 6.45) is 1.13. The van der Waals surface area contributed by atoms with E-state index < -0.39 is 0 Å². The molecule has 1 aromatic carbocycles. The smallest absolute Gasteiger partial charge is 0.236 e. The first-order chi connectivity index (χ1) is 7.72. The molecule has 1 aliphatic carbocycles. The van der Waals surface area contributed by atoms with E-state index in [-0.39, 0.29) is 11.9 Å². The lowest BCUT2D eigenvalue weighted by Gasteiger charge is -2.11. The topological polar surface area (TPSA) is 41.1 Å². The second-order valence-electron chi connectivity index (χ2n) is 4.36. The summed E-state index contributed by atoms with van der Waals surface area (Å²) in [5, 5.41) is 5.99. The van der Waals surface area contributed by atoms with Gasteiger partial charge in [0.25, 0.3) is 0 Å². The van der Waals surface area contributed by atoms with E-state index in [1.807, 2.05) is 13.0 Å². The Kier molecular flexibility index (Phi) is 3.25. The number of carbonyl (C=O) groups excluding carboxylic acids is 1. The van der Waals surface area contributed by atoms with Crippen LogP contribution in [0.4, 0.5) is 0 Å². The highest BCUT2D eigenvalue weighted by molar-refractivity contribution is 5.81. The minimum Gasteiger partial charge on any atom is -0.358 e. The number of hydrogen-bond acceptors (Lipinski definition) is 2. The van der Waals surface area contributed by atoms with Gasteiger partial charge in [0.2, 0.25) is 5.91 Å². The van der Waals surface area contributed by atoms with Gasteiger partial charge < -0.3 is 10.6 Å². The van der Waals surface area contributed by atoms with Crippen LogP contribution in [0.3, 0.4) is 0 Å². The summed E-state index contributed by atoms with van der Waals surface area (Å²) in [6.45, 7) is 1.90. The Morgan fingerprint density at radius 3 is 2.69 bits per heavy atom. The molecule has 1 aliphatic rings. The number of rotatable bonds is 4. The summed E-state index contributed by atoms with van der Waals surface area (Å²) in [7, 11) is 1.67. The van der Waals surface area contributed by atoms with E-state index in [2.05, 4.69) is 34.9 Å². The van der Waals surface area contributed by atoms with E-state index in [0.717, 1.165) is 6.42 Å². The first kappa shape index (κ1) is 11.1. The van der Waals surface area contributed by atoms with Crippen molar-refractivity contribution in [3.8, 4) is 0 Å². The Morgan fingerprint density at radius 1 is 1.38 bits per heavy atom. The lowest BCUT2D eigenvalue weighted by Crippen LogP contribution is -2.41. The Morgan fingerprint density at radius 2 is 2.06 bits per heavy atom. The monoisotopic (exact) mass is 218 g/mol. The van der Waals surface area contributed by atoms with Crippen LogP contribution in [0.15, 0.2) is 30.3 Å². The predicted molar refractivity (Wildman–Crippen MR) is 64.3 cm³/mol. The van der Waals surface area contributed by atoms with Crippen molar-refractivity contribution in [2.75, 3.05) is 7.05 Å². The van der Waals surface area contributed by atoms with Gasteiger partial charge in [0, 0.05) is 19.0 Å². The van der Waals surface area contributed by atoms with Crippen molar-refractivity contribution in [1.82, 2.24) is 10.6 Å². The average Bonchev–Trinajstić information content (AvgIpc) is 3.08. The van der Waals surface area contributed by atoms with Crippen molar-refractivity contribution in [2.24, 2.45) is 0 Å². The predicted octanol–water partition coefficient (Wildman–Crippen LogP) is 1.27. The van der Waals surface area contributed by atoms with E-state index in [1.165, 1.54) is 5.56 Å². The Balaban J connectivity index is 1.86. The van der Waals surface area contributed by atoms with Crippen molar-refractivity contribution < 1.29 is 4.79 Å². The third-order valence-corrected chi connectivity index (χ3v) is 3.12. The van der Waals surface area contributed by atoms with Crippen LogP contribution in [0.1, 0.15) is 24.8 Å². The maximum Gasteiger partial charge on any atom is 0.236 e. The van der Waals surface area contributed by atoms with Gasteiger partial charge >= 0.3 is 0 Å². The molecule has 2 N–H and O–H groups in total. The fraction of sp³-hybridized carbons (Fsp3) is 0.462. The normalized spacial score (nSPS) is 24.9. The van der Waals surface area contributed by atoms with Gasteiger partial charge in [0.05, 0.1) is 6.04 Å². The van der Waals surface area contributed by atoms with Crippen LogP contribution in [0.5, 0.6) is 0 Å². The SMILES string of the molecule is CNC(=O)C(C)NC1CC1c1ccccc1. The van der Waals surface area contributed by atoms with E-state index in [4.69, 9.17) is 0 Å². The molecule has 3 unspecified atom stereocenters. The average molecular weight is 218 g/mol. The molecule has 3 heteroatoms. The minimum absolute atomic E-state index is 0.0544. The molecule has 1 aromatic rings. The van der Waals surface area contributed by atoms with E-state index in [1.54, 1.807) is 7.05 Å². The van der Waals surface area contributed by atoms with Crippen molar-refractivity contribution in [1.29, 1.82) is 0 Å². The van der Waals surface area contributed by atoms with Gasteiger partial charge in [-0.1, -0.05) is 30.3 Å². The number of hydrogen-bond donors (Lipinski definition) is 2. The maximum absolute atomic E-state index is 11.3. The van der Waals surface area contributed by atoms with Crippen molar-refractivity contribution in [3.05, 3.63) is 35.9 Å². The fourth-order valence-electron chi connectivity index (χ4n) is 2.06. The lowest BCUT2D eigenvalue weighted by molar-refractivity contribution is -0.122. The highest BCUT2D eigenvalue weighted by Gasteiger charge is 2.39. The van der Waals surface area contributed by atoms with Gasteiger partial charge in [0.15, 0.2) is 0 Å². The Hall–Kier alpha value is -1.35. The molecule has 0 radical (unpaired) electrons. The molecule has 0 aliphatic heterocycles. The fourth-order valence-corrected chi connectivity index (χ4v) is 2.06. The quantitative estimate of drug-likeness (QED) is 0.799. The van der Waals surface area contributed by atoms with Crippen molar-refractivity contribution >= 4 is 5.91 Å². The van der Waals surface area contributed by atoms with Crippen LogP contribution in [0, 0.1) is 0 Å². The van der Waals surface area contributed by atoms with Crippen LogP contribution < -0.4 is 10.6 Å². The summed E-state index contributed by atoms with van der Waals surface area (Å²) in [5.41, 5.74) is 1.36. The molecule has 1 saturated carbocycles. The number of likely N-dealkylation sites (N-methyl/N-ethyl adjacent to an activating group) is 1. The lowest BCUT2D eigenvalue weighted by atomic mass is 10.1. The summed E-state index contributed by atoms with van der Waals surface area (Å²) < 4.78 is 0.